The number of hydrogen-bond donors (Lipinski definition) is 2. The topological polar surface area (TPSA) is 121 Å². The van der Waals surface area contributed by atoms with Crippen molar-refractivity contribution < 1.29 is 33.6 Å². The summed E-state index contributed by atoms with van der Waals surface area (Å²) in [5.74, 6) is 0.276. The first-order chi connectivity index (χ1) is 15.8. The van der Waals surface area contributed by atoms with E-state index in [1.807, 2.05) is 19.2 Å². The second-order valence-corrected chi connectivity index (χ2v) is 9.38. The Hall–Kier alpha value is -2.62. The van der Waals surface area contributed by atoms with E-state index in [2.05, 4.69) is 4.90 Å². The second kappa shape index (κ2) is 7.72. The maximum atomic E-state index is 12.8. The van der Waals surface area contributed by atoms with E-state index >= 15 is 0 Å². The average molecular weight is 459 g/mol. The van der Waals surface area contributed by atoms with Gasteiger partial charge in [0.15, 0.2) is 23.7 Å². The summed E-state index contributed by atoms with van der Waals surface area (Å²) in [6.45, 7) is 2.38. The number of nitrogens with two attached hydrogens (primary N) is 1. The van der Waals surface area contributed by atoms with Gasteiger partial charge in [0.05, 0.1) is 24.5 Å². The molecular formula is C24H30N2O7. The molecule has 4 aliphatic rings. The third-order valence-corrected chi connectivity index (χ3v) is 7.77. The van der Waals surface area contributed by atoms with E-state index in [0.29, 0.717) is 36.5 Å². The van der Waals surface area contributed by atoms with Gasteiger partial charge in [-0.3, -0.25) is 4.79 Å². The third kappa shape index (κ3) is 2.95. The molecule has 2 bridgehead atoms. The van der Waals surface area contributed by atoms with Gasteiger partial charge in [-0.05, 0) is 51.1 Å². The number of likely N-dealkylation sites (tertiary alicyclic amines) is 1. The lowest BCUT2D eigenvalue weighted by Crippen LogP contribution is -2.74. The number of esters is 2. The predicted molar refractivity (Wildman–Crippen MR) is 117 cm³/mol. The van der Waals surface area contributed by atoms with E-state index in [-0.39, 0.29) is 19.0 Å². The standard InChI is InChI=1S/C24H30N2O7/c1-13(31-18(27)7-10-25)22(28)32-16-6-8-24(29)17-12-14-4-5-15(30-3)20-19(14)23(24,21(16)33-20)9-11-26(17)2/h4-6,13,17,21,29H,7-12,25H2,1-3H3/t13-,17+,21?,23?,24+/m0/s1. The van der Waals surface area contributed by atoms with Crippen molar-refractivity contribution in [2.24, 2.45) is 5.73 Å². The zero-order valence-electron chi connectivity index (χ0n) is 19.1. The zero-order chi connectivity index (χ0) is 23.5. The number of likely N-dealkylation sites (N-methyl/N-ethyl adjacent to an activating group) is 1. The highest BCUT2D eigenvalue weighted by molar-refractivity contribution is 5.80. The van der Waals surface area contributed by atoms with Gasteiger partial charge in [-0.2, -0.15) is 0 Å². The normalized spacial score (nSPS) is 32.2. The van der Waals surface area contributed by atoms with Crippen LogP contribution in [0, 0.1) is 0 Å². The molecule has 178 valence electrons. The van der Waals surface area contributed by atoms with Crippen molar-refractivity contribution in [3.63, 3.8) is 0 Å². The maximum absolute atomic E-state index is 12.8. The lowest BCUT2D eigenvalue weighted by atomic mass is 9.50. The number of nitrogens with zero attached hydrogens (tertiary/aromatic N) is 1. The highest BCUT2D eigenvalue weighted by Crippen LogP contribution is 2.65. The lowest BCUT2D eigenvalue weighted by Gasteiger charge is -2.61. The van der Waals surface area contributed by atoms with Crippen LogP contribution >= 0.6 is 0 Å². The largest absolute Gasteiger partial charge is 0.493 e. The molecule has 1 fully saturated rings. The van der Waals surface area contributed by atoms with Crippen LogP contribution in [-0.2, 0) is 30.9 Å². The zero-order valence-corrected chi connectivity index (χ0v) is 19.1. The fourth-order valence-corrected chi connectivity index (χ4v) is 6.21. The third-order valence-electron chi connectivity index (χ3n) is 7.77. The van der Waals surface area contributed by atoms with Gasteiger partial charge in [0, 0.05) is 24.6 Å². The molecule has 1 saturated heterocycles. The summed E-state index contributed by atoms with van der Waals surface area (Å²) in [5.41, 5.74) is 5.61. The number of methoxy groups -OCH3 is 1. The Balaban J connectivity index is 1.53. The van der Waals surface area contributed by atoms with Gasteiger partial charge in [-0.1, -0.05) is 6.07 Å². The molecule has 1 spiro atoms. The molecule has 2 aliphatic heterocycles. The molecule has 0 saturated carbocycles. The van der Waals surface area contributed by atoms with Crippen LogP contribution in [0.5, 0.6) is 11.5 Å². The number of carbonyl (C=O) groups is 2. The van der Waals surface area contributed by atoms with Crippen LogP contribution in [-0.4, -0.2) is 73.0 Å². The van der Waals surface area contributed by atoms with Gasteiger partial charge in [0.1, 0.15) is 5.76 Å². The number of carbonyl (C=O) groups excluding carboxylic acids is 2. The molecule has 2 heterocycles. The number of aliphatic hydroxyl groups is 1. The second-order valence-electron chi connectivity index (χ2n) is 9.38. The minimum absolute atomic E-state index is 0.0228. The van der Waals surface area contributed by atoms with Crippen LogP contribution in [0.2, 0.25) is 0 Å². The van der Waals surface area contributed by atoms with Crippen molar-refractivity contribution in [2.75, 3.05) is 27.2 Å². The van der Waals surface area contributed by atoms with Crippen LogP contribution in [0.4, 0.5) is 0 Å². The summed E-state index contributed by atoms with van der Waals surface area (Å²) in [4.78, 5) is 26.7. The van der Waals surface area contributed by atoms with Gasteiger partial charge in [0.25, 0.3) is 0 Å². The molecule has 1 aromatic carbocycles. The van der Waals surface area contributed by atoms with E-state index in [1.54, 1.807) is 13.2 Å². The molecule has 33 heavy (non-hydrogen) atoms. The summed E-state index contributed by atoms with van der Waals surface area (Å²) in [5, 5.41) is 12.2. The molecule has 0 amide bonds. The molecular weight excluding hydrogens is 428 g/mol. The molecule has 3 N–H and O–H groups in total. The minimum atomic E-state index is -1.09. The summed E-state index contributed by atoms with van der Waals surface area (Å²) in [7, 11) is 3.62. The Morgan fingerprint density at radius 2 is 2.18 bits per heavy atom. The van der Waals surface area contributed by atoms with Crippen molar-refractivity contribution in [1.29, 1.82) is 0 Å². The maximum Gasteiger partial charge on any atom is 0.352 e. The smallest absolute Gasteiger partial charge is 0.352 e. The quantitative estimate of drug-likeness (QED) is 0.596. The Labute approximate surface area is 192 Å². The van der Waals surface area contributed by atoms with E-state index < -0.39 is 35.2 Å². The van der Waals surface area contributed by atoms with Crippen LogP contribution in [0.3, 0.4) is 0 Å². The van der Waals surface area contributed by atoms with Crippen molar-refractivity contribution in [3.05, 3.63) is 35.1 Å². The molecule has 9 heteroatoms. The number of benzene rings is 1. The molecule has 5 rings (SSSR count). The van der Waals surface area contributed by atoms with Crippen LogP contribution in [0.15, 0.2) is 24.0 Å². The lowest BCUT2D eigenvalue weighted by molar-refractivity contribution is -0.175. The summed E-state index contributed by atoms with van der Waals surface area (Å²) < 4.78 is 22.9. The number of hydrogen-bond acceptors (Lipinski definition) is 9. The van der Waals surface area contributed by atoms with Gasteiger partial charge in [0.2, 0.25) is 0 Å². The Morgan fingerprint density at radius 1 is 1.39 bits per heavy atom. The Bertz CT molecular complexity index is 1040. The molecule has 9 nitrogen and oxygen atoms in total. The van der Waals surface area contributed by atoms with E-state index in [4.69, 9.17) is 24.7 Å². The van der Waals surface area contributed by atoms with Crippen molar-refractivity contribution in [1.82, 2.24) is 4.90 Å². The van der Waals surface area contributed by atoms with Gasteiger partial charge >= 0.3 is 11.9 Å². The molecule has 2 aliphatic carbocycles. The predicted octanol–water partition coefficient (Wildman–Crippen LogP) is 0.797. The van der Waals surface area contributed by atoms with Gasteiger partial charge < -0.3 is 34.7 Å². The summed E-state index contributed by atoms with van der Waals surface area (Å²) in [6.07, 6.45) is 1.66. The van der Waals surface area contributed by atoms with Crippen molar-refractivity contribution in [3.8, 4) is 11.5 Å². The average Bonchev–Trinajstić information content (AvgIpc) is 3.13. The monoisotopic (exact) mass is 458 g/mol. The van der Waals surface area contributed by atoms with Crippen molar-refractivity contribution >= 4 is 11.9 Å². The molecule has 5 atom stereocenters. The molecule has 2 unspecified atom stereocenters. The first-order valence-corrected chi connectivity index (χ1v) is 11.4. The van der Waals surface area contributed by atoms with E-state index in [1.165, 1.54) is 6.92 Å². The highest BCUT2D eigenvalue weighted by Gasteiger charge is 2.72. The summed E-state index contributed by atoms with van der Waals surface area (Å²) >= 11 is 0. The highest BCUT2D eigenvalue weighted by atomic mass is 16.6. The SMILES string of the molecule is COc1ccc2c3c1OC1C(OC(=O)[C@H](C)OC(=O)CCN)=CC[C@@]4(O)[C@@H](C2)N(C)CCC314. The number of piperidine rings is 1. The minimum Gasteiger partial charge on any atom is -0.493 e. The van der Waals surface area contributed by atoms with Gasteiger partial charge in [-0.25, -0.2) is 4.79 Å². The summed E-state index contributed by atoms with van der Waals surface area (Å²) in [6, 6.07) is 3.84. The first kappa shape index (κ1) is 22.2. The fourth-order valence-electron chi connectivity index (χ4n) is 6.21. The fraction of sp³-hybridized carbons (Fsp3) is 0.583. The Morgan fingerprint density at radius 3 is 2.91 bits per heavy atom. The van der Waals surface area contributed by atoms with Crippen molar-refractivity contribution in [2.45, 2.75) is 61.9 Å². The molecule has 1 aromatic rings. The number of ether oxygens (including phenoxy) is 4. The Kier molecular flexibility index (Phi) is 5.19. The molecule has 0 aromatic heterocycles. The number of rotatable bonds is 6. The van der Waals surface area contributed by atoms with Crippen LogP contribution < -0.4 is 15.2 Å². The van der Waals surface area contributed by atoms with Crippen LogP contribution in [0.1, 0.15) is 37.3 Å². The van der Waals surface area contributed by atoms with E-state index in [9.17, 15) is 14.7 Å². The molecule has 0 radical (unpaired) electrons. The van der Waals surface area contributed by atoms with Crippen LogP contribution in [0.25, 0.3) is 0 Å². The van der Waals surface area contributed by atoms with Gasteiger partial charge in [-0.15, -0.1) is 0 Å². The van der Waals surface area contributed by atoms with E-state index in [0.717, 1.165) is 17.7 Å². The first-order valence-electron chi connectivity index (χ1n) is 11.4.